The van der Waals surface area contributed by atoms with Crippen LogP contribution in [0.4, 0.5) is 4.39 Å². The van der Waals surface area contributed by atoms with Crippen molar-refractivity contribution in [2.24, 2.45) is 7.05 Å². The van der Waals surface area contributed by atoms with E-state index in [0.717, 1.165) is 40.4 Å². The van der Waals surface area contributed by atoms with E-state index in [1.807, 2.05) is 36.8 Å². The molecule has 33 heavy (non-hydrogen) atoms. The molecule has 6 rings (SSSR count). The zero-order chi connectivity index (χ0) is 22.4. The largest absolute Gasteiger partial charge is 0.490 e. The van der Waals surface area contributed by atoms with Gasteiger partial charge in [0, 0.05) is 78.7 Å². The number of nitrogens with zero attached hydrogens (tertiary/aromatic N) is 4. The van der Waals surface area contributed by atoms with Gasteiger partial charge >= 0.3 is 0 Å². The standard InChI is InChI=1S/C26H21FN4O2/c1-31-23-7-8-28-15-22(23)21-4-2-16(10-24(21)31)17-3-5-26(30-14-17)33-20-11-19(12-20)32-18-6-9-29-25(27)13-18/h2-10,13-15,19-20H,11-12H2,1H3/t19-,20-. The van der Waals surface area contributed by atoms with Crippen molar-refractivity contribution in [2.45, 2.75) is 25.0 Å². The predicted molar refractivity (Wildman–Crippen MR) is 124 cm³/mol. The number of benzene rings is 1. The Labute approximate surface area is 189 Å². The SMILES string of the molecule is Cn1c2ccncc2c2ccc(-c3ccc(O[C@H]4C[C@H](Oc5ccnc(F)c5)C4)nc3)cc21. The van der Waals surface area contributed by atoms with Crippen molar-refractivity contribution in [1.82, 2.24) is 19.5 Å². The van der Waals surface area contributed by atoms with Gasteiger partial charge in [0.2, 0.25) is 11.8 Å². The van der Waals surface area contributed by atoms with Gasteiger partial charge in [-0.1, -0.05) is 12.1 Å². The van der Waals surface area contributed by atoms with E-state index in [0.29, 0.717) is 11.6 Å². The first-order valence-corrected chi connectivity index (χ1v) is 10.9. The molecular formula is C26H21FN4O2. The molecule has 6 nitrogen and oxygen atoms in total. The Hall–Kier alpha value is -4.00. The van der Waals surface area contributed by atoms with Crippen LogP contribution < -0.4 is 9.47 Å². The van der Waals surface area contributed by atoms with E-state index < -0.39 is 5.95 Å². The highest BCUT2D eigenvalue weighted by molar-refractivity contribution is 6.08. The Bertz CT molecular complexity index is 1460. The van der Waals surface area contributed by atoms with Crippen LogP contribution in [0.25, 0.3) is 32.9 Å². The molecule has 0 N–H and O–H groups in total. The first kappa shape index (κ1) is 19.7. The predicted octanol–water partition coefficient (Wildman–Crippen LogP) is 5.31. The minimum absolute atomic E-state index is 0.0128. The molecule has 0 aliphatic heterocycles. The van der Waals surface area contributed by atoms with Gasteiger partial charge in [-0.3, -0.25) is 4.98 Å². The van der Waals surface area contributed by atoms with Crippen LogP contribution in [0, 0.1) is 5.95 Å². The lowest BCUT2D eigenvalue weighted by atomic mass is 9.92. The number of rotatable bonds is 5. The second kappa shape index (κ2) is 7.85. The topological polar surface area (TPSA) is 62.1 Å². The molecule has 1 aliphatic carbocycles. The van der Waals surface area contributed by atoms with Crippen molar-refractivity contribution in [1.29, 1.82) is 0 Å². The second-order valence-corrected chi connectivity index (χ2v) is 8.33. The zero-order valence-corrected chi connectivity index (χ0v) is 18.0. The van der Waals surface area contributed by atoms with Crippen LogP contribution >= 0.6 is 0 Å². The number of ether oxygens (including phenoxy) is 2. The van der Waals surface area contributed by atoms with Gasteiger partial charge in [0.05, 0.1) is 5.52 Å². The molecule has 0 radical (unpaired) electrons. The van der Waals surface area contributed by atoms with Crippen molar-refractivity contribution >= 4 is 21.8 Å². The first-order chi connectivity index (χ1) is 16.1. The molecule has 0 spiro atoms. The highest BCUT2D eigenvalue weighted by atomic mass is 19.1. The molecule has 0 atom stereocenters. The third-order valence-corrected chi connectivity index (χ3v) is 6.22. The summed E-state index contributed by atoms with van der Waals surface area (Å²) in [4.78, 5) is 12.3. The number of fused-ring (bicyclic) bond motifs is 3. The molecule has 1 aromatic carbocycles. The smallest absolute Gasteiger partial charge is 0.216 e. The van der Waals surface area contributed by atoms with Crippen LogP contribution in [0.5, 0.6) is 11.6 Å². The summed E-state index contributed by atoms with van der Waals surface area (Å²) >= 11 is 0. The highest BCUT2D eigenvalue weighted by Gasteiger charge is 2.33. The lowest BCUT2D eigenvalue weighted by molar-refractivity contribution is 0.00208. The van der Waals surface area contributed by atoms with Crippen molar-refractivity contribution in [2.75, 3.05) is 0 Å². The second-order valence-electron chi connectivity index (χ2n) is 8.33. The van der Waals surface area contributed by atoms with Crippen molar-refractivity contribution in [3.8, 4) is 22.8 Å². The van der Waals surface area contributed by atoms with Crippen LogP contribution in [0.15, 0.2) is 73.3 Å². The summed E-state index contributed by atoms with van der Waals surface area (Å²) < 4.78 is 27.1. The summed E-state index contributed by atoms with van der Waals surface area (Å²) in [5.41, 5.74) is 4.45. The molecular weight excluding hydrogens is 419 g/mol. The number of hydrogen-bond donors (Lipinski definition) is 0. The number of halogens is 1. The number of pyridine rings is 3. The summed E-state index contributed by atoms with van der Waals surface area (Å²) in [5, 5.41) is 2.34. The zero-order valence-electron chi connectivity index (χ0n) is 18.0. The summed E-state index contributed by atoms with van der Waals surface area (Å²) in [6, 6.07) is 15.4. The average Bonchev–Trinajstić information content (AvgIpc) is 3.10. The molecule has 0 saturated heterocycles. The van der Waals surface area contributed by atoms with Gasteiger partial charge < -0.3 is 14.0 Å². The van der Waals surface area contributed by atoms with Crippen molar-refractivity contribution in [3.63, 3.8) is 0 Å². The van der Waals surface area contributed by atoms with E-state index in [4.69, 9.17) is 9.47 Å². The maximum absolute atomic E-state index is 13.2. The molecule has 4 aromatic heterocycles. The molecule has 1 saturated carbocycles. The summed E-state index contributed by atoms with van der Waals surface area (Å²) in [7, 11) is 2.07. The minimum atomic E-state index is -0.541. The minimum Gasteiger partial charge on any atom is -0.490 e. The fourth-order valence-corrected chi connectivity index (χ4v) is 4.39. The summed E-state index contributed by atoms with van der Waals surface area (Å²) in [5.74, 6) is 0.544. The van der Waals surface area contributed by atoms with Crippen LogP contribution in [-0.4, -0.2) is 31.7 Å². The molecule has 164 valence electrons. The highest BCUT2D eigenvalue weighted by Crippen LogP contribution is 2.32. The Morgan fingerprint density at radius 3 is 2.48 bits per heavy atom. The summed E-state index contributed by atoms with van der Waals surface area (Å²) in [6.45, 7) is 0. The van der Waals surface area contributed by atoms with E-state index >= 15 is 0 Å². The van der Waals surface area contributed by atoms with E-state index in [-0.39, 0.29) is 12.2 Å². The normalized spacial score (nSPS) is 17.8. The number of aryl methyl sites for hydroxylation is 1. The lowest BCUT2D eigenvalue weighted by Crippen LogP contribution is -2.41. The Balaban J connectivity index is 1.13. The van der Waals surface area contributed by atoms with Gasteiger partial charge in [0.15, 0.2) is 0 Å². The van der Waals surface area contributed by atoms with Crippen LogP contribution in [0.3, 0.4) is 0 Å². The Morgan fingerprint density at radius 1 is 0.818 bits per heavy atom. The maximum Gasteiger partial charge on any atom is 0.216 e. The van der Waals surface area contributed by atoms with Gasteiger partial charge in [-0.2, -0.15) is 4.39 Å². The molecule has 0 bridgehead atoms. The third kappa shape index (κ3) is 3.65. The van der Waals surface area contributed by atoms with E-state index in [1.165, 1.54) is 17.6 Å². The Kier molecular flexibility index (Phi) is 4.68. The summed E-state index contributed by atoms with van der Waals surface area (Å²) in [6.07, 6.45) is 8.50. The quantitative estimate of drug-likeness (QED) is 0.347. The molecule has 1 aliphatic rings. The maximum atomic E-state index is 13.2. The first-order valence-electron chi connectivity index (χ1n) is 10.9. The van der Waals surface area contributed by atoms with Crippen LogP contribution in [-0.2, 0) is 7.05 Å². The number of hydrogen-bond acceptors (Lipinski definition) is 5. The van der Waals surface area contributed by atoms with E-state index in [1.54, 1.807) is 6.07 Å². The molecule has 4 heterocycles. The molecule has 0 unspecified atom stereocenters. The third-order valence-electron chi connectivity index (χ3n) is 6.22. The molecule has 0 amide bonds. The van der Waals surface area contributed by atoms with E-state index in [2.05, 4.69) is 44.8 Å². The van der Waals surface area contributed by atoms with Crippen molar-refractivity contribution in [3.05, 3.63) is 79.3 Å². The van der Waals surface area contributed by atoms with Gasteiger partial charge in [0.25, 0.3) is 0 Å². The van der Waals surface area contributed by atoms with Gasteiger partial charge in [-0.25, -0.2) is 9.97 Å². The Morgan fingerprint density at radius 2 is 1.67 bits per heavy atom. The fourth-order valence-electron chi connectivity index (χ4n) is 4.39. The van der Waals surface area contributed by atoms with Crippen molar-refractivity contribution < 1.29 is 13.9 Å². The van der Waals surface area contributed by atoms with Gasteiger partial charge in [0.1, 0.15) is 18.0 Å². The van der Waals surface area contributed by atoms with E-state index in [9.17, 15) is 4.39 Å². The average molecular weight is 440 g/mol. The van der Waals surface area contributed by atoms with Gasteiger partial charge in [-0.05, 0) is 29.8 Å². The molecule has 7 heteroatoms. The van der Waals surface area contributed by atoms with Crippen LogP contribution in [0.2, 0.25) is 0 Å². The number of aromatic nitrogens is 4. The monoisotopic (exact) mass is 440 g/mol. The van der Waals surface area contributed by atoms with Gasteiger partial charge in [-0.15, -0.1) is 0 Å². The fraction of sp³-hybridized carbons (Fsp3) is 0.192. The molecule has 5 aromatic rings. The van der Waals surface area contributed by atoms with Crippen LogP contribution in [0.1, 0.15) is 12.8 Å². The lowest BCUT2D eigenvalue weighted by Gasteiger charge is -2.34. The molecule has 1 fully saturated rings.